The number of phosphoric ester groups is 1. The van der Waals surface area contributed by atoms with E-state index in [1.165, 1.54) is 44.9 Å². The van der Waals surface area contributed by atoms with E-state index in [0.29, 0.717) is 30.3 Å². The Kier molecular flexibility index (Phi) is 27.4. The molecule has 12 heteroatoms. The number of rotatable bonds is 33. The van der Waals surface area contributed by atoms with Crippen molar-refractivity contribution in [3.05, 3.63) is 24.3 Å². The Morgan fingerprint density at radius 3 is 2.11 bits per heavy atom. The number of hydrogen-bond acceptors (Lipinski definition) is 9. The van der Waals surface area contributed by atoms with Crippen LogP contribution in [-0.2, 0) is 18.4 Å². The van der Waals surface area contributed by atoms with Gasteiger partial charge in [-0.1, -0.05) is 128 Å². The molecule has 53 heavy (non-hydrogen) atoms. The molecular formula is C41H79N2O9P. The van der Waals surface area contributed by atoms with Gasteiger partial charge in [-0.2, -0.15) is 0 Å². The monoisotopic (exact) mass is 775 g/mol. The number of allylic oxidation sites excluding steroid dienone is 1. The second-order valence-corrected chi connectivity index (χ2v) is 17.7. The van der Waals surface area contributed by atoms with Crippen LogP contribution in [0.2, 0.25) is 0 Å². The van der Waals surface area contributed by atoms with Gasteiger partial charge in [0.1, 0.15) is 13.2 Å². The summed E-state index contributed by atoms with van der Waals surface area (Å²) < 4.78 is 23.1. The zero-order valence-corrected chi connectivity index (χ0v) is 34.9. The van der Waals surface area contributed by atoms with Crippen molar-refractivity contribution in [2.45, 2.75) is 179 Å². The lowest BCUT2D eigenvalue weighted by atomic mass is 9.88. The molecule has 11 nitrogen and oxygen atoms in total. The fraction of sp³-hybridized carbons (Fsp3) is 0.878. The smallest absolute Gasteiger partial charge is 0.268 e. The topological polar surface area (TPSA) is 169 Å². The van der Waals surface area contributed by atoms with E-state index in [2.05, 4.69) is 19.2 Å². The van der Waals surface area contributed by atoms with Crippen LogP contribution >= 0.6 is 7.82 Å². The molecule has 8 atom stereocenters. The van der Waals surface area contributed by atoms with Crippen LogP contribution in [0.3, 0.4) is 0 Å². The van der Waals surface area contributed by atoms with Gasteiger partial charge in [0.15, 0.2) is 0 Å². The molecule has 0 spiro atoms. The predicted octanol–water partition coefficient (Wildman–Crippen LogP) is 6.71. The largest absolute Gasteiger partial charge is 0.756 e. The SMILES string of the molecule is CCCCCCCCCCC/C=C/[C@@H](O)[C@H](COP(=O)([O-])OCC[N+](C)(C)C)NC(=O)CCCCCC[C@@H]1[C@@H](/C=C/[C@@H](O)CCCCC)[C@H](O)C[C@@H]1O. The molecule has 312 valence electrons. The summed E-state index contributed by atoms with van der Waals surface area (Å²) in [5.74, 6) is -0.556. The number of carbonyl (C=O) groups is 1. The van der Waals surface area contributed by atoms with Crippen molar-refractivity contribution in [3.63, 3.8) is 0 Å². The number of aliphatic hydroxyl groups excluding tert-OH is 4. The molecule has 0 aromatic rings. The number of likely N-dealkylation sites (N-methyl/N-ethyl adjacent to an activating group) is 1. The number of amides is 1. The maximum Gasteiger partial charge on any atom is 0.268 e. The highest BCUT2D eigenvalue weighted by Gasteiger charge is 2.39. The summed E-state index contributed by atoms with van der Waals surface area (Å²) in [4.78, 5) is 25.4. The van der Waals surface area contributed by atoms with Crippen LogP contribution in [-0.4, -0.2) is 102 Å². The van der Waals surface area contributed by atoms with Crippen molar-refractivity contribution < 1.29 is 48.2 Å². The fourth-order valence-electron chi connectivity index (χ4n) is 6.83. The molecule has 0 aromatic heterocycles. The maximum atomic E-state index is 12.9. The Labute approximate surface area is 322 Å². The lowest BCUT2D eigenvalue weighted by molar-refractivity contribution is -0.870. The van der Waals surface area contributed by atoms with Gasteiger partial charge < -0.3 is 44.2 Å². The molecule has 1 saturated carbocycles. The van der Waals surface area contributed by atoms with Gasteiger partial charge >= 0.3 is 0 Å². The van der Waals surface area contributed by atoms with Crippen molar-refractivity contribution in [3.8, 4) is 0 Å². The average molecular weight is 775 g/mol. The molecule has 0 saturated heterocycles. The summed E-state index contributed by atoms with van der Waals surface area (Å²) >= 11 is 0. The highest BCUT2D eigenvalue weighted by atomic mass is 31.2. The minimum atomic E-state index is -4.64. The molecule has 0 bridgehead atoms. The standard InChI is InChI=1S/C41H79N2O9P/c1-6-8-10-11-12-13-14-15-16-17-22-26-38(45)37(33-52-53(49,50)51-31-30-43(3,4)5)42-41(48)27-23-19-18-21-25-35-36(40(47)32-39(35)46)29-28-34(44)24-20-9-7-2/h22,26,28-29,34-40,44-47H,6-21,23-25,27,30-33H2,1-5H3,(H-,42,48,49,50)/b26-22+,29-28+/t34-,35+,36+,37-,38+,39-,40+/m0/s1. The van der Waals surface area contributed by atoms with Gasteiger partial charge in [-0.3, -0.25) is 9.36 Å². The zero-order chi connectivity index (χ0) is 39.5. The van der Waals surface area contributed by atoms with E-state index < -0.39 is 44.9 Å². The molecule has 1 rings (SSSR count). The van der Waals surface area contributed by atoms with E-state index in [1.54, 1.807) is 12.2 Å². The van der Waals surface area contributed by atoms with Crippen LogP contribution in [0.4, 0.5) is 0 Å². The Balaban J connectivity index is 2.57. The highest BCUT2D eigenvalue weighted by Crippen LogP contribution is 2.39. The van der Waals surface area contributed by atoms with Crippen molar-refractivity contribution in [1.29, 1.82) is 0 Å². The normalized spacial score (nSPS) is 22.4. The second-order valence-electron chi connectivity index (χ2n) is 16.3. The summed E-state index contributed by atoms with van der Waals surface area (Å²) in [6.45, 7) is 4.33. The molecule has 1 amide bonds. The van der Waals surface area contributed by atoms with E-state index in [4.69, 9.17) is 9.05 Å². The molecule has 1 fully saturated rings. The first kappa shape index (κ1) is 49.9. The minimum absolute atomic E-state index is 0.0393. The fourth-order valence-corrected chi connectivity index (χ4v) is 7.56. The molecule has 1 aliphatic carbocycles. The van der Waals surface area contributed by atoms with Gasteiger partial charge in [0.2, 0.25) is 5.91 Å². The van der Waals surface area contributed by atoms with Crippen LogP contribution in [0, 0.1) is 11.8 Å². The molecule has 0 radical (unpaired) electrons. The Hall–Kier alpha value is -1.14. The van der Waals surface area contributed by atoms with Gasteiger partial charge in [-0.05, 0) is 38.0 Å². The number of unbranched alkanes of at least 4 members (excludes halogenated alkanes) is 14. The summed E-state index contributed by atoms with van der Waals surface area (Å²) in [6, 6.07) is -0.962. The number of phosphoric acid groups is 1. The summed E-state index contributed by atoms with van der Waals surface area (Å²) in [5.41, 5.74) is 0. The zero-order valence-electron chi connectivity index (χ0n) is 34.0. The third-order valence-corrected chi connectivity index (χ3v) is 11.2. The third-order valence-electron chi connectivity index (χ3n) is 10.3. The minimum Gasteiger partial charge on any atom is -0.756 e. The molecule has 0 aliphatic heterocycles. The quantitative estimate of drug-likeness (QED) is 0.0211. The number of aliphatic hydroxyl groups is 4. The Morgan fingerprint density at radius 2 is 1.45 bits per heavy atom. The molecule has 1 aliphatic rings. The number of hydrogen-bond donors (Lipinski definition) is 5. The lowest BCUT2D eigenvalue weighted by Crippen LogP contribution is -2.45. The number of carbonyl (C=O) groups excluding carboxylic acids is 1. The first-order valence-electron chi connectivity index (χ1n) is 21.0. The molecule has 0 aromatic carbocycles. The number of nitrogens with one attached hydrogen (secondary N) is 1. The molecular weight excluding hydrogens is 695 g/mol. The van der Waals surface area contributed by atoms with Gasteiger partial charge in [-0.25, -0.2) is 0 Å². The van der Waals surface area contributed by atoms with Gasteiger partial charge in [-0.15, -0.1) is 0 Å². The Bertz CT molecular complexity index is 1040. The average Bonchev–Trinajstić information content (AvgIpc) is 3.36. The highest BCUT2D eigenvalue weighted by molar-refractivity contribution is 7.45. The van der Waals surface area contributed by atoms with E-state index in [1.807, 2.05) is 33.3 Å². The van der Waals surface area contributed by atoms with Crippen molar-refractivity contribution in [2.24, 2.45) is 11.8 Å². The van der Waals surface area contributed by atoms with Crippen LogP contribution in [0.15, 0.2) is 24.3 Å². The van der Waals surface area contributed by atoms with Crippen molar-refractivity contribution in [2.75, 3.05) is 40.9 Å². The van der Waals surface area contributed by atoms with E-state index >= 15 is 0 Å². The summed E-state index contributed by atoms with van der Waals surface area (Å²) in [7, 11) is 1.13. The van der Waals surface area contributed by atoms with E-state index in [9.17, 15) is 34.7 Å². The maximum absolute atomic E-state index is 12.9. The van der Waals surface area contributed by atoms with Crippen LogP contribution in [0.25, 0.3) is 0 Å². The predicted molar refractivity (Wildman–Crippen MR) is 212 cm³/mol. The summed E-state index contributed by atoms with van der Waals surface area (Å²) in [6.07, 6.45) is 24.3. The van der Waals surface area contributed by atoms with Crippen LogP contribution in [0.1, 0.15) is 149 Å². The van der Waals surface area contributed by atoms with Crippen LogP contribution in [0.5, 0.6) is 0 Å². The first-order valence-corrected chi connectivity index (χ1v) is 22.4. The molecule has 1 unspecified atom stereocenters. The second kappa shape index (κ2) is 29.1. The van der Waals surface area contributed by atoms with Gasteiger partial charge in [0.25, 0.3) is 7.82 Å². The summed E-state index contributed by atoms with van der Waals surface area (Å²) in [5, 5.41) is 45.1. The van der Waals surface area contributed by atoms with E-state index in [-0.39, 0.29) is 30.8 Å². The van der Waals surface area contributed by atoms with Crippen molar-refractivity contribution in [1.82, 2.24) is 5.32 Å². The van der Waals surface area contributed by atoms with Crippen LogP contribution < -0.4 is 10.2 Å². The van der Waals surface area contributed by atoms with E-state index in [0.717, 1.165) is 64.2 Å². The first-order chi connectivity index (χ1) is 25.2. The Morgan fingerprint density at radius 1 is 0.849 bits per heavy atom. The van der Waals surface area contributed by atoms with Gasteiger partial charge in [0, 0.05) is 18.8 Å². The lowest BCUT2D eigenvalue weighted by Gasteiger charge is -2.29. The molecule has 5 N–H and O–H groups in total. The molecule has 0 heterocycles. The third kappa shape index (κ3) is 25.6. The number of nitrogens with zero attached hydrogens (tertiary/aromatic N) is 1. The van der Waals surface area contributed by atoms with Gasteiger partial charge in [0.05, 0.1) is 58.2 Å². The van der Waals surface area contributed by atoms with Crippen molar-refractivity contribution >= 4 is 13.7 Å². The number of quaternary nitrogens is 1.